The predicted octanol–water partition coefficient (Wildman–Crippen LogP) is 3.15. The molecule has 1 amide bonds. The molecule has 1 N–H and O–H groups in total. The number of rotatable bonds is 6. The number of likely N-dealkylation sites (tertiary alicyclic amines) is 1. The van der Waals surface area contributed by atoms with E-state index in [2.05, 4.69) is 5.32 Å². The Hall–Kier alpha value is -2.27. The standard InChI is InChI=1S/C20H22F2N2O/c21-18-8-17(9-19(22)11-18)13-23-12-16-6-7-24(14-16)20(25)10-15-4-2-1-3-5-15/h1-5,8-9,11,16,23H,6-7,10,12-14H2. The van der Waals surface area contributed by atoms with Gasteiger partial charge in [-0.2, -0.15) is 0 Å². The van der Waals surface area contributed by atoms with Gasteiger partial charge >= 0.3 is 0 Å². The lowest BCUT2D eigenvalue weighted by Crippen LogP contribution is -2.32. The fraction of sp³-hybridized carbons (Fsp3) is 0.350. The summed E-state index contributed by atoms with van der Waals surface area (Å²) in [5, 5.41) is 3.24. The highest BCUT2D eigenvalue weighted by atomic mass is 19.1. The Balaban J connectivity index is 1.43. The second kappa shape index (κ2) is 8.21. The van der Waals surface area contributed by atoms with Gasteiger partial charge in [0.25, 0.3) is 0 Å². The summed E-state index contributed by atoms with van der Waals surface area (Å²) in [5.74, 6) is -0.593. The molecule has 1 saturated heterocycles. The van der Waals surface area contributed by atoms with Gasteiger partial charge in [0.15, 0.2) is 0 Å². The molecule has 1 unspecified atom stereocenters. The van der Waals surface area contributed by atoms with Crippen molar-refractivity contribution in [2.75, 3.05) is 19.6 Å². The second-order valence-electron chi connectivity index (χ2n) is 6.57. The van der Waals surface area contributed by atoms with E-state index in [4.69, 9.17) is 0 Å². The predicted molar refractivity (Wildman–Crippen MR) is 92.9 cm³/mol. The van der Waals surface area contributed by atoms with Crippen LogP contribution in [0.3, 0.4) is 0 Å². The van der Waals surface area contributed by atoms with Gasteiger partial charge in [0.05, 0.1) is 6.42 Å². The van der Waals surface area contributed by atoms with Gasteiger partial charge in [-0.25, -0.2) is 8.78 Å². The zero-order valence-electron chi connectivity index (χ0n) is 14.1. The zero-order chi connectivity index (χ0) is 17.6. The van der Waals surface area contributed by atoms with E-state index in [9.17, 15) is 13.6 Å². The third-order valence-corrected chi connectivity index (χ3v) is 4.52. The molecular formula is C20H22F2N2O. The molecule has 5 heteroatoms. The second-order valence-corrected chi connectivity index (χ2v) is 6.57. The van der Waals surface area contributed by atoms with E-state index in [1.165, 1.54) is 12.1 Å². The lowest BCUT2D eigenvalue weighted by molar-refractivity contribution is -0.129. The monoisotopic (exact) mass is 344 g/mol. The number of amides is 1. The minimum absolute atomic E-state index is 0.154. The first kappa shape index (κ1) is 17.5. The number of nitrogens with one attached hydrogen (secondary N) is 1. The maximum Gasteiger partial charge on any atom is 0.226 e. The summed E-state index contributed by atoms with van der Waals surface area (Å²) in [4.78, 5) is 14.3. The van der Waals surface area contributed by atoms with Crippen LogP contribution in [0.25, 0.3) is 0 Å². The van der Waals surface area contributed by atoms with Crippen molar-refractivity contribution in [3.8, 4) is 0 Å². The summed E-state index contributed by atoms with van der Waals surface area (Å²) < 4.78 is 26.3. The van der Waals surface area contributed by atoms with Gasteiger partial charge < -0.3 is 10.2 Å². The molecule has 2 aromatic carbocycles. The van der Waals surface area contributed by atoms with Gasteiger partial charge in [-0.1, -0.05) is 30.3 Å². The molecule has 3 rings (SSSR count). The van der Waals surface area contributed by atoms with Gasteiger partial charge in [0, 0.05) is 32.2 Å². The van der Waals surface area contributed by atoms with Crippen molar-refractivity contribution in [1.82, 2.24) is 10.2 Å². The summed E-state index contributed by atoms with van der Waals surface area (Å²) in [7, 11) is 0. The number of nitrogens with zero attached hydrogens (tertiary/aromatic N) is 1. The van der Waals surface area contributed by atoms with Crippen molar-refractivity contribution in [2.24, 2.45) is 5.92 Å². The lowest BCUT2D eigenvalue weighted by atomic mass is 10.1. The van der Waals surface area contributed by atoms with Crippen molar-refractivity contribution in [1.29, 1.82) is 0 Å². The molecule has 0 saturated carbocycles. The Kier molecular flexibility index (Phi) is 5.76. The van der Waals surface area contributed by atoms with Crippen molar-refractivity contribution in [3.63, 3.8) is 0 Å². The van der Waals surface area contributed by atoms with Crippen LogP contribution >= 0.6 is 0 Å². The van der Waals surface area contributed by atoms with Gasteiger partial charge in [-0.05, 0) is 35.6 Å². The van der Waals surface area contributed by atoms with Crippen LogP contribution in [0.5, 0.6) is 0 Å². The fourth-order valence-corrected chi connectivity index (χ4v) is 3.24. The minimum Gasteiger partial charge on any atom is -0.342 e. The molecule has 1 atom stereocenters. The molecule has 0 aliphatic carbocycles. The van der Waals surface area contributed by atoms with Crippen LogP contribution in [0.2, 0.25) is 0 Å². The van der Waals surface area contributed by atoms with Crippen LogP contribution in [0.4, 0.5) is 8.78 Å². The fourth-order valence-electron chi connectivity index (χ4n) is 3.24. The largest absolute Gasteiger partial charge is 0.342 e. The highest BCUT2D eigenvalue weighted by Gasteiger charge is 2.25. The Morgan fingerprint density at radius 1 is 1.08 bits per heavy atom. The summed E-state index contributed by atoms with van der Waals surface area (Å²) in [5.41, 5.74) is 1.62. The van der Waals surface area contributed by atoms with Crippen molar-refractivity contribution >= 4 is 5.91 Å². The first-order valence-corrected chi connectivity index (χ1v) is 8.57. The van der Waals surface area contributed by atoms with E-state index in [1.54, 1.807) is 0 Å². The molecule has 0 spiro atoms. The molecular weight excluding hydrogens is 322 g/mol. The topological polar surface area (TPSA) is 32.3 Å². The SMILES string of the molecule is O=C(Cc1ccccc1)N1CCC(CNCc2cc(F)cc(F)c2)C1. The van der Waals surface area contributed by atoms with Gasteiger partial charge in [0.1, 0.15) is 11.6 Å². The smallest absolute Gasteiger partial charge is 0.226 e. The van der Waals surface area contributed by atoms with E-state index in [0.29, 0.717) is 24.4 Å². The number of benzene rings is 2. The minimum atomic E-state index is -0.560. The van der Waals surface area contributed by atoms with E-state index in [-0.39, 0.29) is 5.91 Å². The summed E-state index contributed by atoms with van der Waals surface area (Å²) in [6, 6.07) is 13.3. The van der Waals surface area contributed by atoms with Crippen LogP contribution in [0.1, 0.15) is 17.5 Å². The first-order chi connectivity index (χ1) is 12.1. The normalized spacial score (nSPS) is 17.0. The number of hydrogen-bond acceptors (Lipinski definition) is 2. The average Bonchev–Trinajstić information content (AvgIpc) is 3.04. The van der Waals surface area contributed by atoms with Gasteiger partial charge in [0.2, 0.25) is 5.91 Å². The summed E-state index contributed by atoms with van der Waals surface area (Å²) in [6.07, 6.45) is 1.38. The van der Waals surface area contributed by atoms with Crippen LogP contribution in [0.15, 0.2) is 48.5 Å². The Bertz CT molecular complexity index is 701. The van der Waals surface area contributed by atoms with E-state index >= 15 is 0 Å². The summed E-state index contributed by atoms with van der Waals surface area (Å²) in [6.45, 7) is 2.65. The maximum absolute atomic E-state index is 13.2. The third kappa shape index (κ3) is 5.10. The Labute approximate surface area is 146 Å². The van der Waals surface area contributed by atoms with Crippen LogP contribution in [-0.2, 0) is 17.8 Å². The Morgan fingerprint density at radius 3 is 2.52 bits per heavy atom. The molecule has 1 heterocycles. The average molecular weight is 344 g/mol. The molecule has 3 nitrogen and oxygen atoms in total. The van der Waals surface area contributed by atoms with E-state index < -0.39 is 11.6 Å². The Morgan fingerprint density at radius 2 is 1.80 bits per heavy atom. The number of hydrogen-bond donors (Lipinski definition) is 1. The van der Waals surface area contributed by atoms with Gasteiger partial charge in [-0.3, -0.25) is 4.79 Å². The zero-order valence-corrected chi connectivity index (χ0v) is 14.1. The van der Waals surface area contributed by atoms with Gasteiger partial charge in [-0.15, -0.1) is 0 Å². The van der Waals surface area contributed by atoms with Crippen molar-refractivity contribution in [2.45, 2.75) is 19.4 Å². The molecule has 132 valence electrons. The third-order valence-electron chi connectivity index (χ3n) is 4.52. The number of carbonyl (C=O) groups excluding carboxylic acids is 1. The van der Waals surface area contributed by atoms with Crippen molar-refractivity contribution < 1.29 is 13.6 Å². The summed E-state index contributed by atoms with van der Waals surface area (Å²) >= 11 is 0. The highest BCUT2D eigenvalue weighted by molar-refractivity contribution is 5.79. The van der Waals surface area contributed by atoms with Crippen LogP contribution in [0, 0.1) is 17.6 Å². The molecule has 0 bridgehead atoms. The van der Waals surface area contributed by atoms with E-state index in [1.807, 2.05) is 35.2 Å². The molecule has 25 heavy (non-hydrogen) atoms. The lowest BCUT2D eigenvalue weighted by Gasteiger charge is -2.17. The van der Waals surface area contributed by atoms with Crippen molar-refractivity contribution in [3.05, 3.63) is 71.3 Å². The molecule has 1 aliphatic heterocycles. The molecule has 0 radical (unpaired) electrons. The molecule has 2 aromatic rings. The maximum atomic E-state index is 13.2. The number of carbonyl (C=O) groups is 1. The van der Waals surface area contributed by atoms with Crippen LogP contribution in [-0.4, -0.2) is 30.4 Å². The molecule has 0 aromatic heterocycles. The number of halogens is 2. The molecule has 1 aliphatic rings. The quantitative estimate of drug-likeness (QED) is 0.873. The first-order valence-electron chi connectivity index (χ1n) is 8.57. The highest BCUT2D eigenvalue weighted by Crippen LogP contribution is 2.17. The van der Waals surface area contributed by atoms with Crippen LogP contribution < -0.4 is 5.32 Å². The van der Waals surface area contributed by atoms with E-state index in [0.717, 1.165) is 37.7 Å². The molecule has 1 fully saturated rings.